The molecule has 0 aromatic carbocycles. The Morgan fingerprint density at radius 3 is 2.18 bits per heavy atom. The Morgan fingerprint density at radius 2 is 1.59 bits per heavy atom. The first-order chi connectivity index (χ1) is 8.24. The van der Waals surface area contributed by atoms with E-state index in [4.69, 9.17) is 5.73 Å². The maximum Gasteiger partial charge on any atom is 0.231 e. The zero-order valence-corrected chi connectivity index (χ0v) is 10.7. The van der Waals surface area contributed by atoms with Gasteiger partial charge in [0, 0.05) is 32.7 Å². The third-order valence-electron chi connectivity index (χ3n) is 4.09. The molecule has 2 aliphatic rings. The third kappa shape index (κ3) is 4.28. The van der Waals surface area contributed by atoms with Gasteiger partial charge in [0.2, 0.25) is 5.91 Å². The number of piperazine rings is 1. The second kappa shape index (κ2) is 6.36. The summed E-state index contributed by atoms with van der Waals surface area (Å²) in [5.74, 6) is 0.720. The molecule has 0 atom stereocenters. The summed E-state index contributed by atoms with van der Waals surface area (Å²) in [5.41, 5.74) is 5.21. The fourth-order valence-electron chi connectivity index (χ4n) is 3.09. The number of hydrogen-bond acceptors (Lipinski definition) is 3. The van der Waals surface area contributed by atoms with Crippen LogP contribution in [0.1, 0.15) is 32.1 Å². The highest BCUT2D eigenvalue weighted by Crippen LogP contribution is 2.24. The summed E-state index contributed by atoms with van der Waals surface area (Å²) in [6, 6.07) is 0. The van der Waals surface area contributed by atoms with Crippen LogP contribution in [0.4, 0.5) is 0 Å². The van der Waals surface area contributed by atoms with Crippen molar-refractivity contribution in [3.05, 3.63) is 0 Å². The Bertz CT molecular complexity index is 243. The molecule has 2 fully saturated rings. The molecule has 1 amide bonds. The Labute approximate surface area is 104 Å². The molecular weight excluding hydrogens is 214 g/mol. The summed E-state index contributed by atoms with van der Waals surface area (Å²) < 4.78 is 0. The van der Waals surface area contributed by atoms with Crippen LogP contribution in [-0.4, -0.2) is 55.0 Å². The molecule has 17 heavy (non-hydrogen) atoms. The topological polar surface area (TPSA) is 49.6 Å². The Morgan fingerprint density at radius 1 is 1.00 bits per heavy atom. The van der Waals surface area contributed by atoms with E-state index < -0.39 is 0 Å². The van der Waals surface area contributed by atoms with E-state index in [1.54, 1.807) is 0 Å². The minimum Gasteiger partial charge on any atom is -0.369 e. The van der Waals surface area contributed by atoms with Gasteiger partial charge in [-0.1, -0.05) is 19.3 Å². The summed E-state index contributed by atoms with van der Waals surface area (Å²) in [4.78, 5) is 15.6. The second-order valence-corrected chi connectivity index (χ2v) is 5.55. The van der Waals surface area contributed by atoms with Gasteiger partial charge in [0.25, 0.3) is 0 Å². The van der Waals surface area contributed by atoms with Crippen molar-refractivity contribution >= 4 is 5.91 Å². The molecule has 1 aliphatic heterocycles. The molecule has 1 saturated heterocycles. The number of primary amides is 1. The lowest BCUT2D eigenvalue weighted by Gasteiger charge is -2.36. The lowest BCUT2D eigenvalue weighted by atomic mass is 9.89. The Hall–Kier alpha value is -0.610. The van der Waals surface area contributed by atoms with Gasteiger partial charge in [0.15, 0.2) is 0 Å². The van der Waals surface area contributed by atoms with E-state index in [-0.39, 0.29) is 5.91 Å². The predicted molar refractivity (Wildman–Crippen MR) is 68.6 cm³/mol. The van der Waals surface area contributed by atoms with Crippen LogP contribution in [0.25, 0.3) is 0 Å². The first-order valence-electron chi connectivity index (χ1n) is 6.97. The lowest BCUT2D eigenvalue weighted by molar-refractivity contribution is -0.119. The zero-order chi connectivity index (χ0) is 12.1. The largest absolute Gasteiger partial charge is 0.369 e. The molecule has 2 N–H and O–H groups in total. The van der Waals surface area contributed by atoms with Gasteiger partial charge in [-0.25, -0.2) is 0 Å². The van der Waals surface area contributed by atoms with Crippen molar-refractivity contribution < 1.29 is 4.79 Å². The molecule has 0 aromatic heterocycles. The molecule has 4 heteroatoms. The molecule has 0 bridgehead atoms. The molecule has 0 unspecified atom stereocenters. The van der Waals surface area contributed by atoms with Gasteiger partial charge in [0.05, 0.1) is 6.54 Å². The first kappa shape index (κ1) is 12.8. The maximum absolute atomic E-state index is 10.8. The van der Waals surface area contributed by atoms with Crippen LogP contribution in [-0.2, 0) is 4.79 Å². The molecule has 2 rings (SSSR count). The van der Waals surface area contributed by atoms with Crippen molar-refractivity contribution in [2.45, 2.75) is 32.1 Å². The van der Waals surface area contributed by atoms with Gasteiger partial charge in [-0.15, -0.1) is 0 Å². The fourth-order valence-corrected chi connectivity index (χ4v) is 3.09. The van der Waals surface area contributed by atoms with Crippen LogP contribution >= 0.6 is 0 Å². The smallest absolute Gasteiger partial charge is 0.231 e. The van der Waals surface area contributed by atoms with E-state index in [1.807, 2.05) is 0 Å². The van der Waals surface area contributed by atoms with Crippen LogP contribution in [0, 0.1) is 5.92 Å². The maximum atomic E-state index is 10.8. The van der Waals surface area contributed by atoms with Crippen molar-refractivity contribution in [3.63, 3.8) is 0 Å². The van der Waals surface area contributed by atoms with E-state index in [0.29, 0.717) is 6.54 Å². The van der Waals surface area contributed by atoms with E-state index >= 15 is 0 Å². The first-order valence-corrected chi connectivity index (χ1v) is 6.97. The van der Waals surface area contributed by atoms with Crippen molar-refractivity contribution in [1.82, 2.24) is 9.80 Å². The van der Waals surface area contributed by atoms with Crippen LogP contribution in [0.2, 0.25) is 0 Å². The predicted octanol–water partition coefficient (Wildman–Crippen LogP) is 0.670. The highest BCUT2D eigenvalue weighted by atomic mass is 16.1. The molecule has 0 spiro atoms. The molecule has 1 heterocycles. The van der Waals surface area contributed by atoms with E-state index in [1.165, 1.54) is 38.6 Å². The van der Waals surface area contributed by atoms with Crippen molar-refractivity contribution in [1.29, 1.82) is 0 Å². The molecule has 1 aliphatic carbocycles. The average molecular weight is 239 g/mol. The molecule has 4 nitrogen and oxygen atoms in total. The molecule has 0 aromatic rings. The monoisotopic (exact) mass is 239 g/mol. The minimum absolute atomic E-state index is 0.203. The lowest BCUT2D eigenvalue weighted by Crippen LogP contribution is -2.49. The van der Waals surface area contributed by atoms with Gasteiger partial charge in [-0.05, 0) is 18.8 Å². The summed E-state index contributed by atoms with van der Waals surface area (Å²) in [6.07, 6.45) is 7.12. The van der Waals surface area contributed by atoms with Crippen LogP contribution in [0.5, 0.6) is 0 Å². The van der Waals surface area contributed by atoms with Gasteiger partial charge < -0.3 is 10.6 Å². The van der Waals surface area contributed by atoms with Gasteiger partial charge in [-0.2, -0.15) is 0 Å². The highest BCUT2D eigenvalue weighted by molar-refractivity contribution is 5.75. The number of hydrogen-bond donors (Lipinski definition) is 1. The number of amides is 1. The fraction of sp³-hybridized carbons (Fsp3) is 0.923. The molecular formula is C13H25N3O. The highest BCUT2D eigenvalue weighted by Gasteiger charge is 2.21. The van der Waals surface area contributed by atoms with Crippen LogP contribution in [0.15, 0.2) is 0 Å². The van der Waals surface area contributed by atoms with Crippen molar-refractivity contribution in [2.24, 2.45) is 11.7 Å². The van der Waals surface area contributed by atoms with Crippen molar-refractivity contribution in [3.8, 4) is 0 Å². The normalized spacial score (nSPS) is 24.9. The summed E-state index contributed by atoms with van der Waals surface area (Å²) in [6.45, 7) is 5.89. The SMILES string of the molecule is NC(=O)CN1CCN(CC2CCCCC2)CC1. The number of carbonyl (C=O) groups is 1. The summed E-state index contributed by atoms with van der Waals surface area (Å²) in [5, 5.41) is 0. The number of nitrogens with two attached hydrogens (primary N) is 1. The van der Waals surface area contributed by atoms with E-state index in [2.05, 4.69) is 9.80 Å². The molecule has 0 radical (unpaired) electrons. The Kier molecular flexibility index (Phi) is 4.80. The standard InChI is InChI=1S/C13H25N3O/c14-13(17)11-16-8-6-15(7-9-16)10-12-4-2-1-3-5-12/h12H,1-11H2,(H2,14,17). The number of rotatable bonds is 4. The van der Waals surface area contributed by atoms with Crippen molar-refractivity contribution in [2.75, 3.05) is 39.3 Å². The van der Waals surface area contributed by atoms with Gasteiger partial charge in [-0.3, -0.25) is 9.69 Å². The summed E-state index contributed by atoms with van der Waals surface area (Å²) >= 11 is 0. The van der Waals surface area contributed by atoms with Gasteiger partial charge >= 0.3 is 0 Å². The molecule has 98 valence electrons. The average Bonchev–Trinajstić information content (AvgIpc) is 2.32. The minimum atomic E-state index is -0.203. The second-order valence-electron chi connectivity index (χ2n) is 5.55. The number of carbonyl (C=O) groups excluding carboxylic acids is 1. The van der Waals surface area contributed by atoms with E-state index in [9.17, 15) is 4.79 Å². The number of nitrogens with zero attached hydrogens (tertiary/aromatic N) is 2. The quantitative estimate of drug-likeness (QED) is 0.784. The Balaban J connectivity index is 1.66. The third-order valence-corrected chi connectivity index (χ3v) is 4.09. The van der Waals surface area contributed by atoms with Gasteiger partial charge in [0.1, 0.15) is 0 Å². The van der Waals surface area contributed by atoms with Crippen LogP contribution < -0.4 is 5.73 Å². The van der Waals surface area contributed by atoms with E-state index in [0.717, 1.165) is 32.1 Å². The molecule has 1 saturated carbocycles. The zero-order valence-electron chi connectivity index (χ0n) is 10.7. The van der Waals surface area contributed by atoms with Crippen LogP contribution in [0.3, 0.4) is 0 Å². The summed E-state index contributed by atoms with van der Waals surface area (Å²) in [7, 11) is 0.